The normalized spacial score (nSPS) is 12.4. The summed E-state index contributed by atoms with van der Waals surface area (Å²) in [5.41, 5.74) is 6.99. The second kappa shape index (κ2) is 7.25. The summed E-state index contributed by atoms with van der Waals surface area (Å²) in [4.78, 5) is 0. The van der Waals surface area contributed by atoms with Gasteiger partial charge in [-0.05, 0) is 24.1 Å². The first-order valence-corrected chi connectivity index (χ1v) is 5.75. The smallest absolute Gasteiger partial charge is 0.119 e. The minimum atomic E-state index is -0.0605. The highest BCUT2D eigenvalue weighted by atomic mass is 16.5. The van der Waals surface area contributed by atoms with E-state index in [1.807, 2.05) is 24.3 Å². The Balaban J connectivity index is 2.47. The maximum absolute atomic E-state index is 5.91. The monoisotopic (exact) mass is 223 g/mol. The van der Waals surface area contributed by atoms with E-state index in [4.69, 9.17) is 15.2 Å². The predicted molar refractivity (Wildman–Crippen MR) is 65.6 cm³/mol. The lowest BCUT2D eigenvalue weighted by Gasteiger charge is -2.11. The van der Waals surface area contributed by atoms with E-state index < -0.39 is 0 Å². The van der Waals surface area contributed by atoms with Crippen LogP contribution in [0.25, 0.3) is 0 Å². The van der Waals surface area contributed by atoms with Crippen molar-refractivity contribution in [2.75, 3.05) is 20.3 Å². The summed E-state index contributed by atoms with van der Waals surface area (Å²) in [6.07, 6.45) is 2.24. The second-order valence-corrected chi connectivity index (χ2v) is 3.83. The molecular weight excluding hydrogens is 202 g/mol. The van der Waals surface area contributed by atoms with Crippen molar-refractivity contribution in [2.45, 2.75) is 25.8 Å². The van der Waals surface area contributed by atoms with E-state index in [0.29, 0.717) is 6.61 Å². The van der Waals surface area contributed by atoms with Crippen molar-refractivity contribution in [3.05, 3.63) is 29.8 Å². The summed E-state index contributed by atoms with van der Waals surface area (Å²) in [5.74, 6) is 0.904. The zero-order chi connectivity index (χ0) is 11.8. The molecule has 0 radical (unpaired) electrons. The van der Waals surface area contributed by atoms with E-state index in [-0.39, 0.29) is 6.04 Å². The number of nitrogens with two attached hydrogens (primary N) is 1. The first-order valence-electron chi connectivity index (χ1n) is 5.75. The van der Waals surface area contributed by atoms with Crippen LogP contribution in [0.5, 0.6) is 5.75 Å². The Morgan fingerprint density at radius 1 is 1.25 bits per heavy atom. The molecule has 0 amide bonds. The van der Waals surface area contributed by atoms with Crippen LogP contribution < -0.4 is 10.5 Å². The highest BCUT2D eigenvalue weighted by molar-refractivity contribution is 5.29. The Morgan fingerprint density at radius 3 is 2.50 bits per heavy atom. The molecule has 0 aliphatic heterocycles. The predicted octanol–water partition coefficient (Wildman–Crippen LogP) is 2.51. The van der Waals surface area contributed by atoms with Crippen LogP contribution in [0.4, 0.5) is 0 Å². The summed E-state index contributed by atoms with van der Waals surface area (Å²) >= 11 is 0. The fraction of sp³-hybridized carbons (Fsp3) is 0.538. The number of rotatable bonds is 7. The topological polar surface area (TPSA) is 44.5 Å². The van der Waals surface area contributed by atoms with Crippen molar-refractivity contribution < 1.29 is 9.47 Å². The largest absolute Gasteiger partial charge is 0.494 e. The van der Waals surface area contributed by atoms with Crippen LogP contribution in [0.3, 0.4) is 0 Å². The van der Waals surface area contributed by atoms with Gasteiger partial charge in [0.2, 0.25) is 0 Å². The minimum Gasteiger partial charge on any atom is -0.494 e. The van der Waals surface area contributed by atoms with Gasteiger partial charge in [-0.1, -0.05) is 25.5 Å². The third kappa shape index (κ3) is 4.21. The molecule has 3 heteroatoms. The Morgan fingerprint density at radius 2 is 1.94 bits per heavy atom. The molecule has 1 unspecified atom stereocenters. The number of ether oxygens (including phenoxy) is 2. The lowest BCUT2D eigenvalue weighted by atomic mass is 10.1. The van der Waals surface area contributed by atoms with Gasteiger partial charge in [0.25, 0.3) is 0 Å². The van der Waals surface area contributed by atoms with E-state index >= 15 is 0 Å². The second-order valence-electron chi connectivity index (χ2n) is 3.83. The molecule has 0 saturated carbocycles. The molecular formula is C13H21NO2. The van der Waals surface area contributed by atoms with Crippen molar-refractivity contribution in [3.8, 4) is 5.75 Å². The van der Waals surface area contributed by atoms with Crippen molar-refractivity contribution in [1.82, 2.24) is 0 Å². The third-order valence-electron chi connectivity index (χ3n) is 2.42. The Labute approximate surface area is 97.6 Å². The number of methoxy groups -OCH3 is 1. The maximum atomic E-state index is 5.91. The van der Waals surface area contributed by atoms with E-state index in [1.165, 1.54) is 0 Å². The van der Waals surface area contributed by atoms with Crippen molar-refractivity contribution >= 4 is 0 Å². The maximum Gasteiger partial charge on any atom is 0.119 e. The fourth-order valence-corrected chi connectivity index (χ4v) is 1.42. The average Bonchev–Trinajstić information content (AvgIpc) is 2.30. The van der Waals surface area contributed by atoms with Gasteiger partial charge >= 0.3 is 0 Å². The fourth-order valence-electron chi connectivity index (χ4n) is 1.42. The van der Waals surface area contributed by atoms with E-state index in [2.05, 4.69) is 6.92 Å². The molecule has 0 heterocycles. The van der Waals surface area contributed by atoms with Crippen LogP contribution in [0.1, 0.15) is 31.4 Å². The molecule has 3 nitrogen and oxygen atoms in total. The Bertz CT molecular complexity index is 284. The van der Waals surface area contributed by atoms with Crippen LogP contribution in [0.15, 0.2) is 24.3 Å². The van der Waals surface area contributed by atoms with E-state index in [0.717, 1.165) is 30.8 Å². The summed E-state index contributed by atoms with van der Waals surface area (Å²) in [6, 6.07) is 7.84. The van der Waals surface area contributed by atoms with Crippen LogP contribution in [0, 0.1) is 0 Å². The zero-order valence-electron chi connectivity index (χ0n) is 10.1. The minimum absolute atomic E-state index is 0.0605. The van der Waals surface area contributed by atoms with E-state index in [9.17, 15) is 0 Å². The van der Waals surface area contributed by atoms with Crippen LogP contribution in [-0.4, -0.2) is 20.3 Å². The molecule has 0 aliphatic rings. The third-order valence-corrected chi connectivity index (χ3v) is 2.42. The molecule has 0 aliphatic carbocycles. The van der Waals surface area contributed by atoms with Crippen molar-refractivity contribution in [3.63, 3.8) is 0 Å². The molecule has 90 valence electrons. The van der Waals surface area contributed by atoms with Gasteiger partial charge in [-0.2, -0.15) is 0 Å². The zero-order valence-corrected chi connectivity index (χ0v) is 10.1. The average molecular weight is 223 g/mol. The SMILES string of the molecule is CCCCOc1ccc(C(N)COC)cc1. The van der Waals surface area contributed by atoms with Gasteiger partial charge in [0.05, 0.1) is 19.3 Å². The molecule has 1 atom stereocenters. The summed E-state index contributed by atoms with van der Waals surface area (Å²) in [6.45, 7) is 3.46. The molecule has 0 saturated heterocycles. The summed E-state index contributed by atoms with van der Waals surface area (Å²) < 4.78 is 10.6. The standard InChI is InChI=1S/C13H21NO2/c1-3-4-9-16-12-7-5-11(6-8-12)13(14)10-15-2/h5-8,13H,3-4,9-10,14H2,1-2H3. The van der Waals surface area contributed by atoms with Gasteiger partial charge in [-0.3, -0.25) is 0 Å². The highest BCUT2D eigenvalue weighted by Crippen LogP contribution is 2.16. The Kier molecular flexibility index (Phi) is 5.90. The first kappa shape index (κ1) is 13.0. The molecule has 0 aromatic heterocycles. The van der Waals surface area contributed by atoms with Crippen LogP contribution in [-0.2, 0) is 4.74 Å². The molecule has 2 N–H and O–H groups in total. The molecule has 1 aromatic carbocycles. The van der Waals surface area contributed by atoms with Gasteiger partial charge < -0.3 is 15.2 Å². The molecule has 0 bridgehead atoms. The number of hydrogen-bond donors (Lipinski definition) is 1. The van der Waals surface area contributed by atoms with E-state index in [1.54, 1.807) is 7.11 Å². The number of benzene rings is 1. The quantitative estimate of drug-likeness (QED) is 0.722. The van der Waals surface area contributed by atoms with Gasteiger partial charge in [-0.25, -0.2) is 0 Å². The van der Waals surface area contributed by atoms with Crippen LogP contribution >= 0.6 is 0 Å². The number of unbranched alkanes of at least 4 members (excludes halogenated alkanes) is 1. The van der Waals surface area contributed by atoms with Gasteiger partial charge in [0.15, 0.2) is 0 Å². The van der Waals surface area contributed by atoms with Crippen molar-refractivity contribution in [2.24, 2.45) is 5.73 Å². The summed E-state index contributed by atoms with van der Waals surface area (Å²) in [7, 11) is 1.65. The van der Waals surface area contributed by atoms with Gasteiger partial charge in [0, 0.05) is 7.11 Å². The Hall–Kier alpha value is -1.06. The van der Waals surface area contributed by atoms with Crippen LogP contribution in [0.2, 0.25) is 0 Å². The summed E-state index contributed by atoms with van der Waals surface area (Å²) in [5, 5.41) is 0. The molecule has 0 fully saturated rings. The number of hydrogen-bond acceptors (Lipinski definition) is 3. The van der Waals surface area contributed by atoms with Gasteiger partial charge in [0.1, 0.15) is 5.75 Å². The highest BCUT2D eigenvalue weighted by Gasteiger charge is 2.04. The first-order chi connectivity index (χ1) is 7.77. The lowest BCUT2D eigenvalue weighted by Crippen LogP contribution is -2.15. The van der Waals surface area contributed by atoms with Crippen molar-refractivity contribution in [1.29, 1.82) is 0 Å². The molecule has 16 heavy (non-hydrogen) atoms. The molecule has 1 rings (SSSR count). The molecule has 0 spiro atoms. The van der Waals surface area contributed by atoms with Gasteiger partial charge in [-0.15, -0.1) is 0 Å². The lowest BCUT2D eigenvalue weighted by molar-refractivity contribution is 0.181. The molecule has 1 aromatic rings.